The maximum Gasteiger partial charge on any atom is 0.293 e. The van der Waals surface area contributed by atoms with Crippen LogP contribution in [0.1, 0.15) is 31.2 Å². The number of halogens is 1. The first-order valence-corrected chi connectivity index (χ1v) is 10.6. The normalized spacial score (nSPS) is 15.8. The Hall–Kier alpha value is -2.52. The number of nitrogens with one attached hydrogen (secondary N) is 1. The number of nitro groups is 1. The van der Waals surface area contributed by atoms with E-state index in [-0.39, 0.29) is 28.6 Å². The Balaban J connectivity index is 1.84. The van der Waals surface area contributed by atoms with Gasteiger partial charge in [-0.3, -0.25) is 10.1 Å². The van der Waals surface area contributed by atoms with Gasteiger partial charge in [-0.15, -0.1) is 0 Å². The lowest BCUT2D eigenvalue weighted by atomic mass is 10.2. The van der Waals surface area contributed by atoms with E-state index in [1.165, 1.54) is 28.6 Å². The molecule has 1 saturated heterocycles. The molecule has 150 valence electrons. The molecule has 1 aliphatic rings. The summed E-state index contributed by atoms with van der Waals surface area (Å²) in [6.07, 6.45) is 3.55. The molecule has 1 heterocycles. The molecule has 0 bridgehead atoms. The van der Waals surface area contributed by atoms with Crippen LogP contribution >= 0.6 is 0 Å². The lowest BCUT2D eigenvalue weighted by molar-refractivity contribution is -0.384. The third-order valence-electron chi connectivity index (χ3n) is 4.76. The topological polar surface area (TPSA) is 92.5 Å². The highest BCUT2D eigenvalue weighted by molar-refractivity contribution is 7.89. The van der Waals surface area contributed by atoms with Gasteiger partial charge < -0.3 is 5.32 Å². The summed E-state index contributed by atoms with van der Waals surface area (Å²) < 4.78 is 40.2. The molecule has 0 atom stereocenters. The molecule has 0 spiro atoms. The first kappa shape index (κ1) is 20.2. The van der Waals surface area contributed by atoms with Crippen molar-refractivity contribution in [3.63, 3.8) is 0 Å². The summed E-state index contributed by atoms with van der Waals surface area (Å²) in [6.45, 7) is 1.11. The summed E-state index contributed by atoms with van der Waals surface area (Å²) in [5.74, 6) is -0.363. The van der Waals surface area contributed by atoms with Gasteiger partial charge in [-0.05, 0) is 42.7 Å². The number of anilines is 1. The monoisotopic (exact) mass is 407 g/mol. The van der Waals surface area contributed by atoms with Crippen LogP contribution in [0.4, 0.5) is 15.8 Å². The van der Waals surface area contributed by atoms with Crippen LogP contribution in [0, 0.1) is 15.9 Å². The molecule has 0 aliphatic carbocycles. The van der Waals surface area contributed by atoms with Gasteiger partial charge >= 0.3 is 0 Å². The smallest absolute Gasteiger partial charge is 0.293 e. The first-order chi connectivity index (χ1) is 13.4. The van der Waals surface area contributed by atoms with E-state index < -0.39 is 14.9 Å². The number of nitro benzene ring substituents is 1. The highest BCUT2D eigenvalue weighted by Crippen LogP contribution is 2.30. The second kappa shape index (κ2) is 8.66. The molecule has 0 radical (unpaired) electrons. The van der Waals surface area contributed by atoms with E-state index in [0.29, 0.717) is 13.1 Å². The first-order valence-electron chi connectivity index (χ1n) is 9.15. The molecule has 0 saturated carbocycles. The number of hydrogen-bond donors (Lipinski definition) is 1. The average molecular weight is 407 g/mol. The molecule has 1 fully saturated rings. The van der Waals surface area contributed by atoms with Crippen LogP contribution in [0.25, 0.3) is 0 Å². The van der Waals surface area contributed by atoms with Gasteiger partial charge in [0.15, 0.2) is 0 Å². The van der Waals surface area contributed by atoms with E-state index >= 15 is 0 Å². The van der Waals surface area contributed by atoms with Crippen molar-refractivity contribution in [2.24, 2.45) is 0 Å². The van der Waals surface area contributed by atoms with Crippen molar-refractivity contribution in [1.29, 1.82) is 0 Å². The summed E-state index contributed by atoms with van der Waals surface area (Å²) in [5, 5.41) is 14.4. The SMILES string of the molecule is O=[N+]([O-])c1cc(S(=O)(=O)N2CCCCCC2)ccc1NCc1ccc(F)cc1. The molecule has 2 aromatic rings. The van der Waals surface area contributed by atoms with Gasteiger partial charge in [-0.25, -0.2) is 12.8 Å². The quantitative estimate of drug-likeness (QED) is 0.579. The summed E-state index contributed by atoms with van der Waals surface area (Å²) in [5.41, 5.74) is 0.652. The zero-order valence-corrected chi connectivity index (χ0v) is 16.1. The second-order valence-corrected chi connectivity index (χ2v) is 8.67. The lowest BCUT2D eigenvalue weighted by Gasteiger charge is -2.20. The molecule has 28 heavy (non-hydrogen) atoms. The Morgan fingerprint density at radius 3 is 2.29 bits per heavy atom. The number of rotatable bonds is 6. The molecule has 7 nitrogen and oxygen atoms in total. The Morgan fingerprint density at radius 1 is 1.04 bits per heavy atom. The van der Waals surface area contributed by atoms with Crippen LogP contribution in [0.2, 0.25) is 0 Å². The number of benzene rings is 2. The van der Waals surface area contributed by atoms with Gasteiger partial charge in [0, 0.05) is 25.7 Å². The Bertz CT molecular complexity index is 940. The molecule has 3 rings (SSSR count). The minimum atomic E-state index is -3.77. The fourth-order valence-electron chi connectivity index (χ4n) is 3.20. The minimum absolute atomic E-state index is 0.0755. The Kier molecular flexibility index (Phi) is 6.25. The molecule has 0 amide bonds. The summed E-state index contributed by atoms with van der Waals surface area (Å²) >= 11 is 0. The molecule has 0 aromatic heterocycles. The number of sulfonamides is 1. The Morgan fingerprint density at radius 2 is 1.68 bits per heavy atom. The van der Waals surface area contributed by atoms with E-state index in [4.69, 9.17) is 0 Å². The molecule has 1 aliphatic heterocycles. The number of hydrogen-bond acceptors (Lipinski definition) is 5. The van der Waals surface area contributed by atoms with Crippen molar-refractivity contribution in [3.05, 3.63) is 64.0 Å². The van der Waals surface area contributed by atoms with E-state index in [9.17, 15) is 22.9 Å². The summed E-state index contributed by atoms with van der Waals surface area (Å²) in [4.78, 5) is 10.8. The maximum absolute atomic E-state index is 13.0. The lowest BCUT2D eigenvalue weighted by Crippen LogP contribution is -2.32. The zero-order chi connectivity index (χ0) is 20.1. The summed E-state index contributed by atoms with van der Waals surface area (Å²) in [7, 11) is -3.77. The van der Waals surface area contributed by atoms with Crippen LogP contribution in [0.5, 0.6) is 0 Å². The van der Waals surface area contributed by atoms with Gasteiger partial charge in [0.2, 0.25) is 10.0 Å². The molecular weight excluding hydrogens is 385 g/mol. The minimum Gasteiger partial charge on any atom is -0.375 e. The second-order valence-electron chi connectivity index (χ2n) is 6.73. The molecule has 2 aromatic carbocycles. The van der Waals surface area contributed by atoms with Crippen molar-refractivity contribution >= 4 is 21.4 Å². The highest BCUT2D eigenvalue weighted by Gasteiger charge is 2.28. The van der Waals surface area contributed by atoms with Crippen LogP contribution in [0.15, 0.2) is 47.4 Å². The third kappa shape index (κ3) is 4.66. The number of nitrogens with zero attached hydrogens (tertiary/aromatic N) is 2. The van der Waals surface area contributed by atoms with Crippen LogP contribution in [-0.2, 0) is 16.6 Å². The molecule has 1 N–H and O–H groups in total. The van der Waals surface area contributed by atoms with Crippen molar-refractivity contribution < 1.29 is 17.7 Å². The van der Waals surface area contributed by atoms with Crippen LogP contribution in [-0.4, -0.2) is 30.7 Å². The van der Waals surface area contributed by atoms with Crippen LogP contribution in [0.3, 0.4) is 0 Å². The van der Waals surface area contributed by atoms with E-state index in [0.717, 1.165) is 37.3 Å². The van der Waals surface area contributed by atoms with E-state index in [2.05, 4.69) is 5.32 Å². The largest absolute Gasteiger partial charge is 0.375 e. The van der Waals surface area contributed by atoms with Gasteiger partial charge in [0.1, 0.15) is 11.5 Å². The average Bonchev–Trinajstić information content (AvgIpc) is 2.97. The Labute approximate surface area is 163 Å². The molecular formula is C19H22FN3O4S. The predicted octanol–water partition coefficient (Wildman–Crippen LogP) is 3.91. The van der Waals surface area contributed by atoms with Gasteiger partial charge in [0.25, 0.3) is 5.69 Å². The molecule has 0 unspecified atom stereocenters. The zero-order valence-electron chi connectivity index (χ0n) is 15.3. The fourth-order valence-corrected chi connectivity index (χ4v) is 4.74. The fraction of sp³-hybridized carbons (Fsp3) is 0.368. The summed E-state index contributed by atoms with van der Waals surface area (Å²) in [6, 6.07) is 9.67. The standard InChI is InChI=1S/C19H22FN3O4S/c20-16-7-5-15(6-8-16)14-21-18-10-9-17(13-19(18)23(24)25)28(26,27)22-11-3-1-2-4-12-22/h5-10,13,21H,1-4,11-12,14H2. The predicted molar refractivity (Wildman–Crippen MR) is 104 cm³/mol. The molecule has 9 heteroatoms. The van der Waals surface area contributed by atoms with E-state index in [1.54, 1.807) is 12.1 Å². The van der Waals surface area contributed by atoms with Crippen molar-refractivity contribution in [1.82, 2.24) is 4.31 Å². The van der Waals surface area contributed by atoms with Gasteiger partial charge in [-0.1, -0.05) is 25.0 Å². The van der Waals surface area contributed by atoms with Gasteiger partial charge in [-0.2, -0.15) is 4.31 Å². The van der Waals surface area contributed by atoms with Crippen molar-refractivity contribution in [3.8, 4) is 0 Å². The third-order valence-corrected chi connectivity index (χ3v) is 6.66. The highest BCUT2D eigenvalue weighted by atomic mass is 32.2. The van der Waals surface area contributed by atoms with Gasteiger partial charge in [0.05, 0.1) is 9.82 Å². The van der Waals surface area contributed by atoms with Crippen molar-refractivity contribution in [2.45, 2.75) is 37.1 Å². The van der Waals surface area contributed by atoms with E-state index in [1.807, 2.05) is 0 Å². The van der Waals surface area contributed by atoms with Crippen molar-refractivity contribution in [2.75, 3.05) is 18.4 Å². The van der Waals surface area contributed by atoms with Crippen LogP contribution < -0.4 is 5.32 Å². The maximum atomic E-state index is 13.0.